The van der Waals surface area contributed by atoms with E-state index in [-0.39, 0.29) is 5.95 Å². The molecule has 7 heteroatoms. The third-order valence-corrected chi connectivity index (χ3v) is 1.36. The van der Waals surface area contributed by atoms with Gasteiger partial charge in [-0.25, -0.2) is 0 Å². The molecule has 0 saturated heterocycles. The Labute approximate surface area is 67.0 Å². The minimum absolute atomic E-state index is 0.119. The molecule has 2 aromatic heterocycles. The van der Waals surface area contributed by atoms with Crippen LogP contribution >= 0.6 is 0 Å². The average molecular weight is 166 g/mol. The Bertz CT molecular complexity index is 409. The number of methoxy groups -OCH3 is 1. The Morgan fingerprint density at radius 3 is 2.92 bits per heavy atom. The molecule has 2 aromatic rings. The van der Waals surface area contributed by atoms with Crippen LogP contribution in [-0.2, 0) is 0 Å². The number of nitrogens with zero attached hydrogens (tertiary/aromatic N) is 4. The van der Waals surface area contributed by atoms with Crippen molar-refractivity contribution < 1.29 is 4.74 Å². The van der Waals surface area contributed by atoms with Crippen LogP contribution in [-0.4, -0.2) is 32.5 Å². The highest BCUT2D eigenvalue weighted by Crippen LogP contribution is 2.17. The molecule has 0 aliphatic heterocycles. The van der Waals surface area contributed by atoms with Crippen LogP contribution in [0.1, 0.15) is 0 Å². The molecule has 0 aromatic carbocycles. The van der Waals surface area contributed by atoms with E-state index in [1.54, 1.807) is 0 Å². The van der Waals surface area contributed by atoms with Crippen LogP contribution in [0.25, 0.3) is 11.2 Å². The SMILES string of the molecule is COc1nc(N)nc2n[nH]nc12. The highest BCUT2D eigenvalue weighted by Gasteiger charge is 2.09. The van der Waals surface area contributed by atoms with Crippen molar-refractivity contribution in [2.75, 3.05) is 12.8 Å². The monoisotopic (exact) mass is 166 g/mol. The smallest absolute Gasteiger partial charge is 0.248 e. The van der Waals surface area contributed by atoms with Gasteiger partial charge in [0.2, 0.25) is 17.5 Å². The molecule has 7 nitrogen and oxygen atoms in total. The number of nitrogens with one attached hydrogen (secondary N) is 1. The van der Waals surface area contributed by atoms with E-state index in [9.17, 15) is 0 Å². The van der Waals surface area contributed by atoms with Gasteiger partial charge in [0.1, 0.15) is 0 Å². The number of nitrogen functional groups attached to an aromatic ring is 1. The lowest BCUT2D eigenvalue weighted by Gasteiger charge is -1.97. The molecular weight excluding hydrogens is 160 g/mol. The van der Waals surface area contributed by atoms with Crippen LogP contribution < -0.4 is 10.5 Å². The normalized spacial score (nSPS) is 10.4. The fraction of sp³-hybridized carbons (Fsp3) is 0.200. The summed E-state index contributed by atoms with van der Waals surface area (Å²) in [6, 6.07) is 0. The molecule has 3 N–H and O–H groups in total. The van der Waals surface area contributed by atoms with E-state index in [0.717, 1.165) is 0 Å². The average Bonchev–Trinajstić information content (AvgIpc) is 2.50. The number of ether oxygens (including phenoxy) is 1. The van der Waals surface area contributed by atoms with Crippen LogP contribution in [0.3, 0.4) is 0 Å². The van der Waals surface area contributed by atoms with Gasteiger partial charge in [0.05, 0.1) is 7.11 Å². The molecule has 2 rings (SSSR count). The zero-order valence-electron chi connectivity index (χ0n) is 6.27. The van der Waals surface area contributed by atoms with E-state index >= 15 is 0 Å². The summed E-state index contributed by atoms with van der Waals surface area (Å²) < 4.78 is 4.91. The van der Waals surface area contributed by atoms with Crippen molar-refractivity contribution >= 4 is 17.1 Å². The number of anilines is 1. The Balaban J connectivity index is 2.80. The zero-order valence-corrected chi connectivity index (χ0v) is 6.27. The molecule has 0 bridgehead atoms. The van der Waals surface area contributed by atoms with Crippen molar-refractivity contribution in [3.8, 4) is 5.88 Å². The van der Waals surface area contributed by atoms with Crippen molar-refractivity contribution in [1.29, 1.82) is 0 Å². The van der Waals surface area contributed by atoms with Gasteiger partial charge in [-0.05, 0) is 0 Å². The number of hydrogen-bond donors (Lipinski definition) is 2. The number of fused-ring (bicyclic) bond motifs is 1. The second-order valence-corrected chi connectivity index (χ2v) is 2.09. The summed E-state index contributed by atoms with van der Waals surface area (Å²) >= 11 is 0. The summed E-state index contributed by atoms with van der Waals surface area (Å²) in [6.07, 6.45) is 0. The third kappa shape index (κ3) is 0.831. The maximum Gasteiger partial charge on any atom is 0.248 e. The first-order valence-corrected chi connectivity index (χ1v) is 3.19. The molecule has 2 heterocycles. The molecule has 0 fully saturated rings. The van der Waals surface area contributed by atoms with Gasteiger partial charge in [-0.3, -0.25) is 0 Å². The van der Waals surface area contributed by atoms with E-state index < -0.39 is 0 Å². The maximum atomic E-state index is 5.38. The first kappa shape index (κ1) is 6.77. The number of rotatable bonds is 1. The Morgan fingerprint density at radius 2 is 2.17 bits per heavy atom. The van der Waals surface area contributed by atoms with E-state index in [1.807, 2.05) is 0 Å². The highest BCUT2D eigenvalue weighted by atomic mass is 16.5. The topological polar surface area (TPSA) is 103 Å². The lowest BCUT2D eigenvalue weighted by Crippen LogP contribution is -1.98. The van der Waals surface area contributed by atoms with E-state index in [2.05, 4.69) is 25.4 Å². The van der Waals surface area contributed by atoms with Gasteiger partial charge >= 0.3 is 0 Å². The second kappa shape index (κ2) is 2.29. The van der Waals surface area contributed by atoms with Crippen LogP contribution in [0.2, 0.25) is 0 Å². The maximum absolute atomic E-state index is 5.38. The molecule has 0 atom stereocenters. The third-order valence-electron chi connectivity index (χ3n) is 1.36. The number of H-pyrrole nitrogens is 1. The lowest BCUT2D eigenvalue weighted by atomic mass is 10.5. The summed E-state index contributed by atoms with van der Waals surface area (Å²) in [5.41, 5.74) is 6.26. The minimum Gasteiger partial charge on any atom is -0.479 e. The molecule has 0 spiro atoms. The molecule has 0 radical (unpaired) electrons. The van der Waals surface area contributed by atoms with E-state index in [0.29, 0.717) is 17.0 Å². The van der Waals surface area contributed by atoms with Crippen LogP contribution in [0.15, 0.2) is 0 Å². The summed E-state index contributed by atoms with van der Waals surface area (Å²) in [5, 5.41) is 9.93. The summed E-state index contributed by atoms with van der Waals surface area (Å²) in [7, 11) is 1.48. The molecule has 0 unspecified atom stereocenters. The predicted molar refractivity (Wildman–Crippen MR) is 40.4 cm³/mol. The minimum atomic E-state index is 0.119. The lowest BCUT2D eigenvalue weighted by molar-refractivity contribution is 0.402. The Kier molecular flexibility index (Phi) is 1.29. The number of aromatic nitrogens is 5. The van der Waals surface area contributed by atoms with Crippen LogP contribution in [0.5, 0.6) is 5.88 Å². The highest BCUT2D eigenvalue weighted by molar-refractivity contribution is 5.75. The quantitative estimate of drug-likeness (QED) is 0.582. The van der Waals surface area contributed by atoms with Gasteiger partial charge in [0, 0.05) is 0 Å². The number of nitrogens with two attached hydrogens (primary N) is 1. The van der Waals surface area contributed by atoms with Crippen molar-refractivity contribution in [3.05, 3.63) is 0 Å². The van der Waals surface area contributed by atoms with Gasteiger partial charge in [-0.2, -0.15) is 15.2 Å². The molecule has 0 aliphatic carbocycles. The Hall–Kier alpha value is -1.92. The predicted octanol–water partition coefficient (Wildman–Crippen LogP) is -0.661. The van der Waals surface area contributed by atoms with E-state index in [4.69, 9.17) is 10.5 Å². The zero-order chi connectivity index (χ0) is 8.55. The standard InChI is InChI=1S/C5H6N6O/c1-12-4-2-3(10-11-9-2)7-5(6)8-4/h1H3,(H3,6,7,8,9,10,11). The summed E-state index contributed by atoms with van der Waals surface area (Å²) in [6.45, 7) is 0. The van der Waals surface area contributed by atoms with Gasteiger partial charge < -0.3 is 10.5 Å². The largest absolute Gasteiger partial charge is 0.479 e. The van der Waals surface area contributed by atoms with Crippen molar-refractivity contribution in [2.24, 2.45) is 0 Å². The fourth-order valence-corrected chi connectivity index (χ4v) is 0.880. The molecule has 0 amide bonds. The molecule has 0 saturated carbocycles. The molecule has 62 valence electrons. The van der Waals surface area contributed by atoms with Crippen molar-refractivity contribution in [1.82, 2.24) is 25.4 Å². The van der Waals surface area contributed by atoms with Crippen LogP contribution in [0.4, 0.5) is 5.95 Å². The fourth-order valence-electron chi connectivity index (χ4n) is 0.880. The molecule has 0 aliphatic rings. The summed E-state index contributed by atoms with van der Waals surface area (Å²) in [5.74, 6) is 0.444. The van der Waals surface area contributed by atoms with Crippen molar-refractivity contribution in [3.63, 3.8) is 0 Å². The molecule has 12 heavy (non-hydrogen) atoms. The van der Waals surface area contributed by atoms with Crippen LogP contribution in [0, 0.1) is 0 Å². The van der Waals surface area contributed by atoms with Gasteiger partial charge in [0.15, 0.2) is 5.52 Å². The van der Waals surface area contributed by atoms with Gasteiger partial charge in [-0.1, -0.05) is 0 Å². The number of aromatic amines is 1. The second-order valence-electron chi connectivity index (χ2n) is 2.09. The van der Waals surface area contributed by atoms with Gasteiger partial charge in [0.25, 0.3) is 0 Å². The number of hydrogen-bond acceptors (Lipinski definition) is 6. The summed E-state index contributed by atoms with van der Waals surface area (Å²) in [4.78, 5) is 7.64. The first-order valence-electron chi connectivity index (χ1n) is 3.19. The van der Waals surface area contributed by atoms with Gasteiger partial charge in [-0.15, -0.1) is 10.2 Å². The van der Waals surface area contributed by atoms with Crippen molar-refractivity contribution in [2.45, 2.75) is 0 Å². The molecular formula is C5H6N6O. The first-order chi connectivity index (χ1) is 5.81. The Morgan fingerprint density at radius 1 is 1.33 bits per heavy atom. The van der Waals surface area contributed by atoms with E-state index in [1.165, 1.54) is 7.11 Å².